The maximum absolute atomic E-state index is 13.5. The molecule has 0 aromatic heterocycles. The lowest BCUT2D eigenvalue weighted by molar-refractivity contribution is -0.143. The second-order valence-corrected chi connectivity index (χ2v) is 13.0. The van der Waals surface area contributed by atoms with Crippen LogP contribution in [0.3, 0.4) is 0 Å². The number of benzene rings is 2. The second kappa shape index (κ2) is 9.82. The lowest BCUT2D eigenvalue weighted by Gasteiger charge is -2.27. The summed E-state index contributed by atoms with van der Waals surface area (Å²) in [5.41, 5.74) is 4.97. The van der Waals surface area contributed by atoms with Crippen LogP contribution in [0.4, 0.5) is 0 Å². The lowest BCUT2D eigenvalue weighted by Crippen LogP contribution is -2.36. The minimum atomic E-state index is -3.69. The molecule has 1 atom stereocenters. The van der Waals surface area contributed by atoms with E-state index in [1.165, 1.54) is 0 Å². The summed E-state index contributed by atoms with van der Waals surface area (Å²) in [5, 5.41) is 0. The van der Waals surface area contributed by atoms with E-state index in [0.29, 0.717) is 37.2 Å². The minimum Gasteiger partial charge on any atom is -0.466 e. The molecule has 6 heteroatoms. The van der Waals surface area contributed by atoms with Crippen LogP contribution in [0.25, 0.3) is 0 Å². The fourth-order valence-electron chi connectivity index (χ4n) is 4.49. The van der Waals surface area contributed by atoms with Crippen molar-refractivity contribution in [2.75, 3.05) is 6.61 Å². The number of rotatable bonds is 7. The predicted octanol–water partition coefficient (Wildman–Crippen LogP) is 5.22. The van der Waals surface area contributed by atoms with Gasteiger partial charge in [0.15, 0.2) is 0 Å². The average Bonchev–Trinajstić information content (AvgIpc) is 3.11. The fraction of sp³-hybridized carbons (Fsp3) is 0.536. The molecule has 1 unspecified atom stereocenters. The van der Waals surface area contributed by atoms with Crippen molar-refractivity contribution in [2.45, 2.75) is 95.9 Å². The minimum absolute atomic E-state index is 0.0617. The zero-order valence-corrected chi connectivity index (χ0v) is 22.4. The summed E-state index contributed by atoms with van der Waals surface area (Å²) in [5.74, 6) is -0.194. The quantitative estimate of drug-likeness (QED) is 0.546. The standard InChI is InChI=1S/C28H39NO4S/c1-8-33-26(30)14-10-19-9-11-20-16-23(17-21(20)15-19)29-34(31,32)25-13-12-22(27(2,3)4)18-24(25)28(5,6)7/h9,11-13,15,18,23,29H,8,10,14,16-17H2,1-7H3. The van der Waals surface area contributed by atoms with Crippen molar-refractivity contribution in [2.24, 2.45) is 0 Å². The van der Waals surface area contributed by atoms with E-state index in [2.05, 4.69) is 58.4 Å². The number of ether oxygens (including phenoxy) is 1. The fourth-order valence-corrected chi connectivity index (χ4v) is 6.12. The molecule has 0 aliphatic heterocycles. The van der Waals surface area contributed by atoms with E-state index >= 15 is 0 Å². The van der Waals surface area contributed by atoms with Crippen LogP contribution in [0.5, 0.6) is 0 Å². The smallest absolute Gasteiger partial charge is 0.306 e. The summed E-state index contributed by atoms with van der Waals surface area (Å²) in [7, 11) is -3.69. The van der Waals surface area contributed by atoms with E-state index < -0.39 is 10.0 Å². The molecule has 0 radical (unpaired) electrons. The molecule has 2 aromatic carbocycles. The Morgan fingerprint density at radius 1 is 0.971 bits per heavy atom. The van der Waals surface area contributed by atoms with Crippen LogP contribution in [-0.2, 0) is 49.6 Å². The van der Waals surface area contributed by atoms with Crippen LogP contribution in [-0.4, -0.2) is 27.0 Å². The first-order chi connectivity index (χ1) is 15.7. The van der Waals surface area contributed by atoms with E-state index in [1.807, 2.05) is 18.2 Å². The highest BCUT2D eigenvalue weighted by Gasteiger charge is 2.31. The Bertz CT molecular complexity index is 1150. The third kappa shape index (κ3) is 6.28. The summed E-state index contributed by atoms with van der Waals surface area (Å²) in [6.45, 7) is 14.8. The zero-order chi connectivity index (χ0) is 25.3. The molecule has 3 rings (SSSR count). The van der Waals surface area contributed by atoms with Crippen molar-refractivity contribution >= 4 is 16.0 Å². The highest BCUT2D eigenvalue weighted by atomic mass is 32.2. The van der Waals surface area contributed by atoms with Gasteiger partial charge in [0, 0.05) is 12.5 Å². The van der Waals surface area contributed by atoms with Gasteiger partial charge in [-0.25, -0.2) is 13.1 Å². The van der Waals surface area contributed by atoms with Crippen LogP contribution in [0.15, 0.2) is 41.3 Å². The van der Waals surface area contributed by atoms with Gasteiger partial charge in [0.1, 0.15) is 0 Å². The molecule has 0 saturated carbocycles. The summed E-state index contributed by atoms with van der Waals surface area (Å²) < 4.78 is 35.0. The molecule has 0 saturated heterocycles. The molecule has 1 aliphatic rings. The summed E-state index contributed by atoms with van der Waals surface area (Å²) in [6, 6.07) is 11.7. The topological polar surface area (TPSA) is 72.5 Å². The van der Waals surface area contributed by atoms with E-state index in [-0.39, 0.29) is 22.8 Å². The van der Waals surface area contributed by atoms with Gasteiger partial charge in [-0.3, -0.25) is 4.79 Å². The number of esters is 1. The normalized spacial score (nSPS) is 16.4. The third-order valence-electron chi connectivity index (χ3n) is 6.39. The molecule has 2 aromatic rings. The first kappa shape index (κ1) is 26.4. The van der Waals surface area contributed by atoms with Gasteiger partial charge in [-0.1, -0.05) is 71.9 Å². The van der Waals surface area contributed by atoms with Gasteiger partial charge in [-0.05, 0) is 70.9 Å². The molecule has 0 spiro atoms. The summed E-state index contributed by atoms with van der Waals surface area (Å²) in [6.07, 6.45) is 2.28. The molecule has 5 nitrogen and oxygen atoms in total. The van der Waals surface area contributed by atoms with Crippen LogP contribution in [0.1, 0.15) is 82.7 Å². The number of hydrogen-bond acceptors (Lipinski definition) is 4. The van der Waals surface area contributed by atoms with Gasteiger partial charge in [0.25, 0.3) is 0 Å². The van der Waals surface area contributed by atoms with E-state index in [1.54, 1.807) is 13.0 Å². The molecular formula is C28H39NO4S. The number of sulfonamides is 1. The number of carbonyl (C=O) groups is 1. The van der Waals surface area contributed by atoms with Crippen molar-refractivity contribution in [3.63, 3.8) is 0 Å². The SMILES string of the molecule is CCOC(=O)CCc1ccc2c(c1)CC(NS(=O)(=O)c1ccc(C(C)(C)C)cc1C(C)(C)C)C2. The van der Waals surface area contributed by atoms with Crippen molar-refractivity contribution in [1.82, 2.24) is 4.72 Å². The molecule has 186 valence electrons. The Kier molecular flexibility index (Phi) is 7.63. The van der Waals surface area contributed by atoms with E-state index in [9.17, 15) is 13.2 Å². The Hall–Kier alpha value is -2.18. The average molecular weight is 486 g/mol. The van der Waals surface area contributed by atoms with Crippen molar-refractivity contribution in [1.29, 1.82) is 0 Å². The Morgan fingerprint density at radius 3 is 2.26 bits per heavy atom. The Labute approximate surface area is 205 Å². The molecule has 0 bridgehead atoms. The number of fused-ring (bicyclic) bond motifs is 1. The van der Waals surface area contributed by atoms with Crippen LogP contribution < -0.4 is 4.72 Å². The molecular weight excluding hydrogens is 446 g/mol. The van der Waals surface area contributed by atoms with Gasteiger partial charge < -0.3 is 4.74 Å². The first-order valence-corrected chi connectivity index (χ1v) is 13.6. The number of nitrogens with one attached hydrogen (secondary N) is 1. The molecule has 0 heterocycles. The van der Waals surface area contributed by atoms with Gasteiger partial charge in [0.05, 0.1) is 11.5 Å². The first-order valence-electron chi connectivity index (χ1n) is 12.1. The van der Waals surface area contributed by atoms with Crippen molar-refractivity contribution in [3.05, 3.63) is 64.2 Å². The zero-order valence-electron chi connectivity index (χ0n) is 21.6. The highest BCUT2D eigenvalue weighted by molar-refractivity contribution is 7.89. The Balaban J connectivity index is 1.78. The number of hydrogen-bond donors (Lipinski definition) is 1. The number of carbonyl (C=O) groups excluding carboxylic acids is 1. The molecule has 0 amide bonds. The largest absolute Gasteiger partial charge is 0.466 e. The number of aryl methyl sites for hydroxylation is 1. The monoisotopic (exact) mass is 485 g/mol. The summed E-state index contributed by atoms with van der Waals surface area (Å²) in [4.78, 5) is 12.0. The summed E-state index contributed by atoms with van der Waals surface area (Å²) >= 11 is 0. The van der Waals surface area contributed by atoms with Gasteiger partial charge >= 0.3 is 5.97 Å². The maximum Gasteiger partial charge on any atom is 0.306 e. The Morgan fingerprint density at radius 2 is 1.65 bits per heavy atom. The third-order valence-corrected chi connectivity index (χ3v) is 7.97. The van der Waals surface area contributed by atoms with Gasteiger partial charge in [-0.15, -0.1) is 0 Å². The highest BCUT2D eigenvalue weighted by Crippen LogP contribution is 2.34. The molecule has 34 heavy (non-hydrogen) atoms. The van der Waals surface area contributed by atoms with E-state index in [4.69, 9.17) is 4.74 Å². The van der Waals surface area contributed by atoms with Crippen molar-refractivity contribution < 1.29 is 17.9 Å². The maximum atomic E-state index is 13.5. The molecule has 1 aliphatic carbocycles. The second-order valence-electron chi connectivity index (χ2n) is 11.3. The predicted molar refractivity (Wildman–Crippen MR) is 137 cm³/mol. The van der Waals surface area contributed by atoms with Crippen LogP contribution in [0.2, 0.25) is 0 Å². The van der Waals surface area contributed by atoms with Gasteiger partial charge in [0.2, 0.25) is 10.0 Å². The molecule has 0 fully saturated rings. The van der Waals surface area contributed by atoms with Gasteiger partial charge in [-0.2, -0.15) is 0 Å². The lowest BCUT2D eigenvalue weighted by atomic mass is 9.81. The molecule has 1 N–H and O–H groups in total. The van der Waals surface area contributed by atoms with Crippen LogP contribution in [0, 0.1) is 0 Å². The van der Waals surface area contributed by atoms with Crippen molar-refractivity contribution in [3.8, 4) is 0 Å². The van der Waals surface area contributed by atoms with Crippen LogP contribution >= 0.6 is 0 Å². The van der Waals surface area contributed by atoms with E-state index in [0.717, 1.165) is 27.8 Å².